The number of anilines is 1. The molecule has 0 aliphatic heterocycles. The molecule has 0 radical (unpaired) electrons. The molecule has 1 N–H and O–H groups in total. The minimum Gasteiger partial charge on any atom is -0.352 e. The van der Waals surface area contributed by atoms with Crippen molar-refractivity contribution in [1.82, 2.24) is 10.2 Å². The largest absolute Gasteiger partial charge is 0.352 e. The molecule has 0 bridgehead atoms. The molecule has 46 heavy (non-hydrogen) atoms. The molecule has 4 aromatic rings. The summed E-state index contributed by atoms with van der Waals surface area (Å²) in [7, 11) is -4.33. The zero-order valence-corrected chi connectivity index (χ0v) is 28.9. The van der Waals surface area contributed by atoms with Crippen molar-refractivity contribution in [3.05, 3.63) is 129 Å². The van der Waals surface area contributed by atoms with Crippen LogP contribution in [0.1, 0.15) is 37.0 Å². The van der Waals surface area contributed by atoms with Gasteiger partial charge >= 0.3 is 0 Å². The van der Waals surface area contributed by atoms with Crippen molar-refractivity contribution in [3.8, 4) is 0 Å². The van der Waals surface area contributed by atoms with E-state index in [9.17, 15) is 18.0 Å². The Kier molecular flexibility index (Phi) is 12.1. The summed E-state index contributed by atoms with van der Waals surface area (Å²) in [5, 5.41) is 3.51. The van der Waals surface area contributed by atoms with E-state index in [0.29, 0.717) is 17.0 Å². The summed E-state index contributed by atoms with van der Waals surface area (Å²) in [5.74, 6) is -1.00. The number of hydrogen-bond donors (Lipinski definition) is 1. The lowest BCUT2D eigenvalue weighted by molar-refractivity contribution is -0.140. The minimum absolute atomic E-state index is 0.0272. The normalized spacial score (nSPS) is 12.7. The van der Waals surface area contributed by atoms with Crippen LogP contribution < -0.4 is 9.62 Å². The number of rotatable bonds is 13. The first-order valence-corrected chi connectivity index (χ1v) is 17.4. The predicted octanol–water partition coefficient (Wildman–Crippen LogP) is 7.71. The average molecular weight is 701 g/mol. The Balaban J connectivity index is 1.85. The van der Waals surface area contributed by atoms with Gasteiger partial charge in [-0.15, -0.1) is 0 Å². The van der Waals surface area contributed by atoms with Crippen molar-refractivity contribution < 1.29 is 18.0 Å². The van der Waals surface area contributed by atoms with Gasteiger partial charge in [-0.25, -0.2) is 8.42 Å². The lowest BCUT2D eigenvalue weighted by Gasteiger charge is -2.34. The molecule has 0 unspecified atom stereocenters. The zero-order chi connectivity index (χ0) is 33.4. The van der Waals surface area contributed by atoms with Crippen molar-refractivity contribution in [2.75, 3.05) is 10.8 Å². The van der Waals surface area contributed by atoms with Crippen molar-refractivity contribution >= 4 is 62.3 Å². The summed E-state index contributed by atoms with van der Waals surface area (Å²) in [6.45, 7) is 4.96. The summed E-state index contributed by atoms with van der Waals surface area (Å²) in [4.78, 5) is 29.9. The maximum absolute atomic E-state index is 14.6. The van der Waals surface area contributed by atoms with Gasteiger partial charge in [0.2, 0.25) is 11.8 Å². The second kappa shape index (κ2) is 15.8. The molecule has 7 nitrogen and oxygen atoms in total. The van der Waals surface area contributed by atoms with Crippen LogP contribution in [0.25, 0.3) is 0 Å². The smallest absolute Gasteiger partial charge is 0.264 e. The molecular formula is C35H36Cl3N3O4S. The SMILES string of the molecule is CC[C@@H](C)NC(=O)[C@@H](Cc1ccccc1)N(Cc1ccccc1Cl)C(=O)CN(c1cccc(Cl)c1Cl)S(=O)(=O)c1ccc(C)cc1. The van der Waals surface area contributed by atoms with Gasteiger partial charge in [0, 0.05) is 24.0 Å². The van der Waals surface area contributed by atoms with E-state index in [1.54, 1.807) is 42.5 Å². The number of sulfonamides is 1. The van der Waals surface area contributed by atoms with Gasteiger partial charge in [0.05, 0.1) is 20.6 Å². The van der Waals surface area contributed by atoms with E-state index < -0.39 is 28.5 Å². The molecule has 4 rings (SSSR count). The van der Waals surface area contributed by atoms with E-state index in [1.165, 1.54) is 29.2 Å². The Bertz CT molecular complexity index is 1770. The summed E-state index contributed by atoms with van der Waals surface area (Å²) in [5.41, 5.74) is 2.32. The summed E-state index contributed by atoms with van der Waals surface area (Å²) >= 11 is 19.4. The average Bonchev–Trinajstić information content (AvgIpc) is 3.04. The number of carbonyl (C=O) groups is 2. The second-order valence-electron chi connectivity index (χ2n) is 11.0. The molecule has 0 aliphatic rings. The van der Waals surface area contributed by atoms with Crippen molar-refractivity contribution in [1.29, 1.82) is 0 Å². The highest BCUT2D eigenvalue weighted by Gasteiger charge is 2.36. The molecule has 4 aromatic carbocycles. The molecule has 0 aromatic heterocycles. The molecule has 0 saturated heterocycles. The van der Waals surface area contributed by atoms with Crippen molar-refractivity contribution in [2.24, 2.45) is 0 Å². The molecule has 2 atom stereocenters. The number of nitrogens with one attached hydrogen (secondary N) is 1. The fourth-order valence-corrected chi connectivity index (χ4v) is 6.91. The van der Waals surface area contributed by atoms with Crippen LogP contribution in [0.15, 0.2) is 102 Å². The van der Waals surface area contributed by atoms with Crippen LogP contribution in [0.5, 0.6) is 0 Å². The number of carbonyl (C=O) groups excluding carboxylic acids is 2. The van der Waals surface area contributed by atoms with Gasteiger partial charge in [-0.1, -0.05) is 114 Å². The number of hydrogen-bond acceptors (Lipinski definition) is 4. The number of benzene rings is 4. The Morgan fingerprint density at radius 3 is 2.11 bits per heavy atom. The number of nitrogens with zero attached hydrogens (tertiary/aromatic N) is 2. The molecule has 0 heterocycles. The molecule has 242 valence electrons. The van der Waals surface area contributed by atoms with E-state index in [2.05, 4.69) is 5.32 Å². The van der Waals surface area contributed by atoms with Crippen molar-refractivity contribution in [3.63, 3.8) is 0 Å². The van der Waals surface area contributed by atoms with Crippen molar-refractivity contribution in [2.45, 2.75) is 57.1 Å². The molecule has 0 aliphatic carbocycles. The maximum atomic E-state index is 14.6. The number of halogens is 3. The second-order valence-corrected chi connectivity index (χ2v) is 14.1. The van der Waals surface area contributed by atoms with Gasteiger partial charge in [0.25, 0.3) is 10.0 Å². The van der Waals surface area contributed by atoms with E-state index in [0.717, 1.165) is 15.4 Å². The first-order chi connectivity index (χ1) is 21.9. The highest BCUT2D eigenvalue weighted by Crippen LogP contribution is 2.36. The van der Waals surface area contributed by atoms with Gasteiger partial charge in [-0.3, -0.25) is 13.9 Å². The van der Waals surface area contributed by atoms with E-state index in [-0.39, 0.29) is 45.5 Å². The molecular weight excluding hydrogens is 665 g/mol. The Labute approximate surface area is 286 Å². The third-order valence-corrected chi connectivity index (χ3v) is 10.6. The monoisotopic (exact) mass is 699 g/mol. The maximum Gasteiger partial charge on any atom is 0.264 e. The lowest BCUT2D eigenvalue weighted by Crippen LogP contribution is -2.54. The number of amides is 2. The van der Waals surface area contributed by atoms with E-state index in [1.807, 2.05) is 51.1 Å². The molecule has 11 heteroatoms. The van der Waals surface area contributed by atoms with Crippen LogP contribution in [0.2, 0.25) is 15.1 Å². The van der Waals surface area contributed by atoms with Gasteiger partial charge in [0.1, 0.15) is 12.6 Å². The van der Waals surface area contributed by atoms with Gasteiger partial charge in [-0.2, -0.15) is 0 Å². The lowest BCUT2D eigenvalue weighted by atomic mass is 10.0. The van der Waals surface area contributed by atoms with Gasteiger partial charge in [-0.05, 0) is 61.7 Å². The van der Waals surface area contributed by atoms with Crippen LogP contribution in [-0.2, 0) is 32.6 Å². The fraction of sp³-hybridized carbons (Fsp3) is 0.257. The fourth-order valence-electron chi connectivity index (χ4n) is 4.84. The third-order valence-electron chi connectivity index (χ3n) is 7.66. The highest BCUT2D eigenvalue weighted by atomic mass is 35.5. The van der Waals surface area contributed by atoms with Crippen LogP contribution in [0.4, 0.5) is 5.69 Å². The van der Waals surface area contributed by atoms with Gasteiger partial charge < -0.3 is 10.2 Å². The topological polar surface area (TPSA) is 86.8 Å². The zero-order valence-electron chi connectivity index (χ0n) is 25.8. The molecule has 0 spiro atoms. The summed E-state index contributed by atoms with van der Waals surface area (Å²) in [6.07, 6.45) is 0.861. The summed E-state index contributed by atoms with van der Waals surface area (Å²) < 4.78 is 29.4. The van der Waals surface area contributed by atoms with Crippen LogP contribution in [0, 0.1) is 6.92 Å². The molecule has 0 fully saturated rings. The van der Waals surface area contributed by atoms with E-state index in [4.69, 9.17) is 34.8 Å². The minimum atomic E-state index is -4.33. The van der Waals surface area contributed by atoms with Crippen LogP contribution in [-0.4, -0.2) is 43.8 Å². The Morgan fingerprint density at radius 2 is 1.46 bits per heavy atom. The number of aryl methyl sites for hydroxylation is 1. The first kappa shape index (κ1) is 35.3. The summed E-state index contributed by atoms with van der Waals surface area (Å²) in [6, 6.07) is 26.1. The van der Waals surface area contributed by atoms with E-state index >= 15 is 0 Å². The Hall–Kier alpha value is -3.56. The van der Waals surface area contributed by atoms with Gasteiger partial charge in [0.15, 0.2) is 0 Å². The first-order valence-electron chi connectivity index (χ1n) is 14.8. The predicted molar refractivity (Wildman–Crippen MR) is 186 cm³/mol. The molecule has 2 amide bonds. The Morgan fingerprint density at radius 1 is 0.826 bits per heavy atom. The standard InChI is InChI=1S/C35H36Cl3N3O4S/c1-4-25(3)39-35(43)32(21-26-11-6-5-7-12-26)40(22-27-13-8-9-14-29(27)36)33(42)23-41(31-16-10-15-30(37)34(31)38)46(44,45)28-19-17-24(2)18-20-28/h5-20,25,32H,4,21-23H2,1-3H3,(H,39,43)/t25-,32-/m1/s1. The van der Waals surface area contributed by atoms with Crippen LogP contribution in [0.3, 0.4) is 0 Å². The van der Waals surface area contributed by atoms with Crippen LogP contribution >= 0.6 is 34.8 Å². The highest BCUT2D eigenvalue weighted by molar-refractivity contribution is 7.92. The third kappa shape index (κ3) is 8.62. The molecule has 0 saturated carbocycles. The quantitative estimate of drug-likeness (QED) is 0.155.